The van der Waals surface area contributed by atoms with Crippen molar-refractivity contribution < 1.29 is 4.39 Å². The molecule has 0 unspecified atom stereocenters. The molecule has 0 aliphatic heterocycles. The first-order valence-corrected chi connectivity index (χ1v) is 4.72. The van der Waals surface area contributed by atoms with Gasteiger partial charge in [-0.1, -0.05) is 17.7 Å². The highest BCUT2D eigenvalue weighted by Crippen LogP contribution is 2.38. The smallest absolute Gasteiger partial charge is 0.204 e. The molecule has 2 rings (SSSR count). The predicted octanol–water partition coefficient (Wildman–Crippen LogP) is 4.24. The minimum absolute atomic E-state index is 0.361. The van der Waals surface area contributed by atoms with E-state index >= 15 is 0 Å². The summed E-state index contributed by atoms with van der Waals surface area (Å²) in [6.07, 6.45) is 0. The highest BCUT2D eigenvalue weighted by molar-refractivity contribution is 7.18. The zero-order valence-electron chi connectivity index (χ0n) is 6.34. The first kappa shape index (κ1) is 8.49. The van der Waals surface area contributed by atoms with Gasteiger partial charge in [-0.2, -0.15) is 11.3 Å². The summed E-state index contributed by atoms with van der Waals surface area (Å²) in [6.45, 7) is 6.87. The van der Waals surface area contributed by atoms with Gasteiger partial charge in [0.2, 0.25) is 5.69 Å². The van der Waals surface area contributed by atoms with Gasteiger partial charge in [-0.15, -0.1) is 0 Å². The Balaban J connectivity index is 2.97. The van der Waals surface area contributed by atoms with E-state index in [4.69, 9.17) is 18.2 Å². The van der Waals surface area contributed by atoms with Gasteiger partial charge in [-0.3, -0.25) is 0 Å². The van der Waals surface area contributed by atoms with Crippen molar-refractivity contribution in [2.45, 2.75) is 0 Å². The van der Waals surface area contributed by atoms with Crippen LogP contribution in [0.25, 0.3) is 14.9 Å². The Hall–Kier alpha value is -1.11. The second-order valence-electron chi connectivity index (χ2n) is 2.47. The van der Waals surface area contributed by atoms with Crippen LogP contribution in [0.3, 0.4) is 0 Å². The van der Waals surface area contributed by atoms with E-state index in [2.05, 4.69) is 4.85 Å². The lowest BCUT2D eigenvalue weighted by Gasteiger charge is -1.94. The van der Waals surface area contributed by atoms with Crippen LogP contribution >= 0.6 is 22.9 Å². The third-order valence-electron chi connectivity index (χ3n) is 1.73. The number of nitrogens with zero attached hydrogens (tertiary/aromatic N) is 1. The van der Waals surface area contributed by atoms with Crippen molar-refractivity contribution in [2.75, 3.05) is 0 Å². The van der Waals surface area contributed by atoms with Gasteiger partial charge in [-0.05, 0) is 6.07 Å². The average molecular weight is 212 g/mol. The molecule has 0 radical (unpaired) electrons. The molecule has 0 aliphatic rings. The van der Waals surface area contributed by atoms with Crippen LogP contribution in [0.1, 0.15) is 0 Å². The van der Waals surface area contributed by atoms with Gasteiger partial charge in [0.25, 0.3) is 0 Å². The van der Waals surface area contributed by atoms with Crippen molar-refractivity contribution in [1.82, 2.24) is 0 Å². The molecule has 13 heavy (non-hydrogen) atoms. The van der Waals surface area contributed by atoms with E-state index in [9.17, 15) is 4.39 Å². The summed E-state index contributed by atoms with van der Waals surface area (Å²) in [5.41, 5.74) is 0.452. The molecule has 64 valence electrons. The highest BCUT2D eigenvalue weighted by atomic mass is 35.5. The standard InChI is InChI=1S/C9H3ClFNS/c1-12-7-3-2-6(11)8-5(10)4-13-9(7)8/h2-4H. The summed E-state index contributed by atoms with van der Waals surface area (Å²) in [5.74, 6) is -0.367. The fourth-order valence-corrected chi connectivity index (χ4v) is 2.42. The normalized spacial score (nSPS) is 10.2. The molecule has 4 heteroatoms. The van der Waals surface area contributed by atoms with Gasteiger partial charge < -0.3 is 0 Å². The molecule has 0 atom stereocenters. The molecule has 0 spiro atoms. The third-order valence-corrected chi connectivity index (χ3v) is 3.16. The van der Waals surface area contributed by atoms with Gasteiger partial charge in [-0.25, -0.2) is 9.24 Å². The summed E-state index contributed by atoms with van der Waals surface area (Å²) in [7, 11) is 0. The van der Waals surface area contributed by atoms with Crippen LogP contribution < -0.4 is 0 Å². The minimum atomic E-state index is -0.367. The lowest BCUT2D eigenvalue weighted by molar-refractivity contribution is 0.640. The van der Waals surface area contributed by atoms with Gasteiger partial charge in [0.1, 0.15) is 5.82 Å². The van der Waals surface area contributed by atoms with Crippen LogP contribution in [0.4, 0.5) is 10.1 Å². The molecule has 1 nitrogen and oxygen atoms in total. The number of halogens is 2. The van der Waals surface area contributed by atoms with Crippen LogP contribution in [0.5, 0.6) is 0 Å². The van der Waals surface area contributed by atoms with Crippen molar-refractivity contribution in [2.24, 2.45) is 0 Å². The van der Waals surface area contributed by atoms with Crippen LogP contribution in [0, 0.1) is 12.4 Å². The summed E-state index contributed by atoms with van der Waals surface area (Å²) < 4.78 is 13.8. The molecule has 0 bridgehead atoms. The Bertz CT molecular complexity index is 512. The summed E-state index contributed by atoms with van der Waals surface area (Å²) in [5, 5.41) is 2.38. The zero-order chi connectivity index (χ0) is 9.42. The van der Waals surface area contributed by atoms with Crippen molar-refractivity contribution in [1.29, 1.82) is 0 Å². The van der Waals surface area contributed by atoms with Gasteiger partial charge in [0.15, 0.2) is 0 Å². The minimum Gasteiger partial charge on any atom is -0.237 e. The fourth-order valence-electron chi connectivity index (χ4n) is 1.15. The Labute approximate surface area is 83.2 Å². The largest absolute Gasteiger partial charge is 0.237 e. The van der Waals surface area contributed by atoms with Crippen molar-refractivity contribution in [3.05, 3.63) is 39.8 Å². The first-order chi connectivity index (χ1) is 6.24. The van der Waals surface area contributed by atoms with Crippen molar-refractivity contribution >= 4 is 38.7 Å². The van der Waals surface area contributed by atoms with Gasteiger partial charge >= 0.3 is 0 Å². The third kappa shape index (κ3) is 1.19. The summed E-state index contributed by atoms with van der Waals surface area (Å²) >= 11 is 7.07. The molecule has 0 N–H and O–H groups in total. The number of hydrogen-bond donors (Lipinski definition) is 0. The quantitative estimate of drug-likeness (QED) is 0.574. The number of rotatable bonds is 0. The lowest BCUT2D eigenvalue weighted by Crippen LogP contribution is -1.73. The van der Waals surface area contributed by atoms with Crippen LogP contribution in [-0.2, 0) is 0 Å². The second kappa shape index (κ2) is 2.99. The Morgan fingerprint density at radius 2 is 2.23 bits per heavy atom. The Kier molecular flexibility index (Phi) is 1.95. The molecular formula is C9H3ClFNS. The second-order valence-corrected chi connectivity index (χ2v) is 3.75. The zero-order valence-corrected chi connectivity index (χ0v) is 7.92. The van der Waals surface area contributed by atoms with E-state index in [1.54, 1.807) is 5.38 Å². The van der Waals surface area contributed by atoms with Crippen LogP contribution in [-0.4, -0.2) is 0 Å². The maximum absolute atomic E-state index is 13.2. The molecule has 1 aromatic carbocycles. The van der Waals surface area contributed by atoms with Crippen LogP contribution in [0.2, 0.25) is 5.02 Å². The van der Waals surface area contributed by atoms with Gasteiger partial charge in [0.05, 0.1) is 11.6 Å². The van der Waals surface area contributed by atoms with E-state index in [0.717, 1.165) is 0 Å². The number of benzene rings is 1. The number of fused-ring (bicyclic) bond motifs is 1. The molecule has 0 saturated carbocycles. The monoisotopic (exact) mass is 211 g/mol. The Morgan fingerprint density at radius 3 is 2.92 bits per heavy atom. The molecular weight excluding hydrogens is 209 g/mol. The molecule has 2 aromatic rings. The molecule has 0 saturated heterocycles. The van der Waals surface area contributed by atoms with Crippen molar-refractivity contribution in [3.63, 3.8) is 0 Å². The van der Waals surface area contributed by atoms with E-state index in [0.29, 0.717) is 20.8 Å². The molecule has 1 aromatic heterocycles. The number of hydrogen-bond acceptors (Lipinski definition) is 1. The maximum atomic E-state index is 13.2. The predicted molar refractivity (Wildman–Crippen MR) is 53.1 cm³/mol. The topological polar surface area (TPSA) is 4.36 Å². The van der Waals surface area contributed by atoms with E-state index < -0.39 is 0 Å². The summed E-state index contributed by atoms with van der Waals surface area (Å²) in [6, 6.07) is 2.74. The molecule has 0 fully saturated rings. The molecule has 0 aliphatic carbocycles. The average Bonchev–Trinajstić information content (AvgIpc) is 2.50. The first-order valence-electron chi connectivity index (χ1n) is 3.46. The molecule has 0 amide bonds. The SMILES string of the molecule is [C-]#[N+]c1ccc(F)c2c(Cl)csc12. The highest BCUT2D eigenvalue weighted by Gasteiger charge is 2.10. The van der Waals surface area contributed by atoms with E-state index in [1.165, 1.54) is 23.5 Å². The van der Waals surface area contributed by atoms with Crippen LogP contribution in [0.15, 0.2) is 17.5 Å². The Morgan fingerprint density at radius 1 is 1.46 bits per heavy atom. The number of thiophene rings is 1. The van der Waals surface area contributed by atoms with E-state index in [-0.39, 0.29) is 5.82 Å². The fraction of sp³-hybridized carbons (Fsp3) is 0. The summed E-state index contributed by atoms with van der Waals surface area (Å²) in [4.78, 5) is 3.29. The molecule has 1 heterocycles. The van der Waals surface area contributed by atoms with E-state index in [1.807, 2.05) is 0 Å². The van der Waals surface area contributed by atoms with Gasteiger partial charge in [0, 0.05) is 15.5 Å². The van der Waals surface area contributed by atoms with Crippen molar-refractivity contribution in [3.8, 4) is 0 Å². The maximum Gasteiger partial charge on any atom is 0.204 e. The lowest BCUT2D eigenvalue weighted by atomic mass is 10.2.